The van der Waals surface area contributed by atoms with E-state index < -0.39 is 0 Å². The number of hydrogen-bond donors (Lipinski definition) is 0. The summed E-state index contributed by atoms with van der Waals surface area (Å²) in [5.74, 6) is 1.83. The quantitative estimate of drug-likeness (QED) is 0.688. The molecule has 0 atom stereocenters. The molecule has 0 bridgehead atoms. The number of rotatable bonds is 8. The minimum Gasteiger partial charge on any atom is -0.361 e. The highest BCUT2D eigenvalue weighted by Crippen LogP contribution is 2.20. The maximum absolute atomic E-state index is 5.30. The first-order chi connectivity index (χ1) is 10.5. The Labute approximate surface area is 132 Å². The second-order valence-corrected chi connectivity index (χ2v) is 6.02. The van der Waals surface area contributed by atoms with Crippen LogP contribution in [0.2, 0.25) is 0 Å². The number of unbranched alkanes of at least 4 members (excludes halogenated alkanes) is 2. The first-order valence-corrected chi connectivity index (χ1v) is 8.08. The summed E-state index contributed by atoms with van der Waals surface area (Å²) in [6.45, 7) is 13.0. The molecule has 0 radical (unpaired) electrons. The molecule has 0 amide bonds. The van der Waals surface area contributed by atoms with Crippen molar-refractivity contribution in [2.75, 3.05) is 6.54 Å². The monoisotopic (exact) mass is 305 g/mol. The zero-order valence-electron chi connectivity index (χ0n) is 14.4. The van der Waals surface area contributed by atoms with E-state index in [0.717, 1.165) is 42.5 Å². The summed E-state index contributed by atoms with van der Waals surface area (Å²) in [4.78, 5) is 2.44. The molecule has 0 aromatic carbocycles. The molecule has 2 aromatic rings. The van der Waals surface area contributed by atoms with E-state index in [-0.39, 0.29) is 0 Å². The molecule has 0 unspecified atom stereocenters. The third kappa shape index (κ3) is 3.97. The van der Waals surface area contributed by atoms with Crippen molar-refractivity contribution < 1.29 is 9.05 Å². The lowest BCUT2D eigenvalue weighted by Gasteiger charge is -2.22. The Bertz CT molecular complexity index is 514. The van der Waals surface area contributed by atoms with Crippen molar-refractivity contribution in [2.45, 2.75) is 67.0 Å². The average Bonchev–Trinajstić information content (AvgIpc) is 2.97. The summed E-state index contributed by atoms with van der Waals surface area (Å²) in [5.41, 5.74) is 4.36. The summed E-state index contributed by atoms with van der Waals surface area (Å²) in [6.07, 6.45) is 3.67. The summed E-state index contributed by atoms with van der Waals surface area (Å²) < 4.78 is 10.6. The summed E-state index contributed by atoms with van der Waals surface area (Å²) in [6, 6.07) is 0. The normalized spacial score (nSPS) is 11.5. The highest BCUT2D eigenvalue weighted by Gasteiger charge is 2.17. The Balaban J connectivity index is 2.12. The minimum atomic E-state index is 0.856. The predicted molar refractivity (Wildman–Crippen MR) is 85.6 cm³/mol. The highest BCUT2D eigenvalue weighted by molar-refractivity contribution is 5.23. The largest absolute Gasteiger partial charge is 0.361 e. The van der Waals surface area contributed by atoms with Gasteiger partial charge in [-0.25, -0.2) is 0 Å². The van der Waals surface area contributed by atoms with E-state index in [4.69, 9.17) is 9.05 Å². The number of aryl methyl sites for hydroxylation is 4. The summed E-state index contributed by atoms with van der Waals surface area (Å²) in [7, 11) is 0. The van der Waals surface area contributed by atoms with Crippen LogP contribution in [0.3, 0.4) is 0 Å². The van der Waals surface area contributed by atoms with Crippen LogP contribution in [-0.4, -0.2) is 21.8 Å². The molecule has 0 aliphatic heterocycles. The highest BCUT2D eigenvalue weighted by atomic mass is 16.5. The molecule has 0 saturated heterocycles. The van der Waals surface area contributed by atoms with Crippen molar-refractivity contribution in [1.29, 1.82) is 0 Å². The van der Waals surface area contributed by atoms with Crippen LogP contribution in [0.1, 0.15) is 60.2 Å². The third-order valence-corrected chi connectivity index (χ3v) is 4.20. The fraction of sp³-hybridized carbons (Fsp3) is 0.647. The van der Waals surface area contributed by atoms with E-state index in [9.17, 15) is 0 Å². The Morgan fingerprint density at radius 1 is 0.818 bits per heavy atom. The molecule has 0 spiro atoms. The van der Waals surface area contributed by atoms with Crippen LogP contribution in [0.25, 0.3) is 0 Å². The van der Waals surface area contributed by atoms with E-state index in [2.05, 4.69) is 22.1 Å². The van der Waals surface area contributed by atoms with Crippen molar-refractivity contribution in [3.63, 3.8) is 0 Å². The van der Waals surface area contributed by atoms with Crippen molar-refractivity contribution in [3.05, 3.63) is 34.0 Å². The first-order valence-electron chi connectivity index (χ1n) is 8.08. The predicted octanol–water partition coefficient (Wildman–Crippen LogP) is 4.09. The molecule has 0 N–H and O–H groups in total. The van der Waals surface area contributed by atoms with E-state index >= 15 is 0 Å². The fourth-order valence-electron chi connectivity index (χ4n) is 2.70. The van der Waals surface area contributed by atoms with Gasteiger partial charge in [-0.3, -0.25) is 4.90 Å². The molecular formula is C17H27N3O2. The van der Waals surface area contributed by atoms with Crippen LogP contribution in [0.5, 0.6) is 0 Å². The standard InChI is InChI=1S/C17H27N3O2/c1-6-7-8-9-20(10-16-12(2)18-21-14(16)4)11-17-13(3)19-22-15(17)5/h6-11H2,1-5H3. The topological polar surface area (TPSA) is 55.3 Å². The molecule has 0 aliphatic carbocycles. The lowest BCUT2D eigenvalue weighted by Crippen LogP contribution is -2.25. The van der Waals surface area contributed by atoms with Crippen molar-refractivity contribution >= 4 is 0 Å². The van der Waals surface area contributed by atoms with Gasteiger partial charge in [0, 0.05) is 24.2 Å². The minimum absolute atomic E-state index is 0.856. The first kappa shape index (κ1) is 16.7. The Morgan fingerprint density at radius 3 is 1.68 bits per heavy atom. The Hall–Kier alpha value is -1.62. The fourth-order valence-corrected chi connectivity index (χ4v) is 2.70. The molecule has 2 rings (SSSR count). The van der Waals surface area contributed by atoms with Gasteiger partial charge in [-0.2, -0.15) is 0 Å². The van der Waals surface area contributed by atoms with Crippen molar-refractivity contribution in [3.8, 4) is 0 Å². The van der Waals surface area contributed by atoms with E-state index in [0.29, 0.717) is 0 Å². The Kier molecular flexibility index (Phi) is 5.77. The van der Waals surface area contributed by atoms with Gasteiger partial charge in [0.1, 0.15) is 11.5 Å². The van der Waals surface area contributed by atoms with Gasteiger partial charge in [0.15, 0.2) is 0 Å². The maximum Gasteiger partial charge on any atom is 0.138 e. The smallest absolute Gasteiger partial charge is 0.138 e. The van der Waals surface area contributed by atoms with E-state index in [1.165, 1.54) is 30.4 Å². The van der Waals surface area contributed by atoms with Gasteiger partial charge in [0.05, 0.1) is 11.4 Å². The van der Waals surface area contributed by atoms with E-state index in [1.54, 1.807) is 0 Å². The van der Waals surface area contributed by atoms with Crippen LogP contribution < -0.4 is 0 Å². The van der Waals surface area contributed by atoms with Gasteiger partial charge in [-0.15, -0.1) is 0 Å². The van der Waals surface area contributed by atoms with Crippen LogP contribution >= 0.6 is 0 Å². The molecule has 2 aromatic heterocycles. The van der Waals surface area contributed by atoms with Crippen molar-refractivity contribution in [1.82, 2.24) is 15.2 Å². The zero-order valence-corrected chi connectivity index (χ0v) is 14.4. The van der Waals surface area contributed by atoms with Gasteiger partial charge in [-0.05, 0) is 40.7 Å². The molecule has 22 heavy (non-hydrogen) atoms. The molecule has 0 fully saturated rings. The molecule has 5 heteroatoms. The molecule has 0 saturated carbocycles. The average molecular weight is 305 g/mol. The molecule has 2 heterocycles. The van der Waals surface area contributed by atoms with Crippen molar-refractivity contribution in [2.24, 2.45) is 0 Å². The van der Waals surface area contributed by atoms with Crippen LogP contribution in [-0.2, 0) is 13.1 Å². The van der Waals surface area contributed by atoms with Gasteiger partial charge in [-0.1, -0.05) is 30.1 Å². The molecular weight excluding hydrogens is 278 g/mol. The van der Waals surface area contributed by atoms with Crippen LogP contribution in [0.15, 0.2) is 9.05 Å². The summed E-state index contributed by atoms with van der Waals surface area (Å²) >= 11 is 0. The SMILES string of the molecule is CCCCCN(Cc1c(C)noc1C)Cc1c(C)noc1C. The molecule has 5 nitrogen and oxygen atoms in total. The Morgan fingerprint density at radius 2 is 1.32 bits per heavy atom. The molecule has 122 valence electrons. The number of nitrogens with zero attached hydrogens (tertiary/aromatic N) is 3. The maximum atomic E-state index is 5.30. The second kappa shape index (κ2) is 7.58. The van der Waals surface area contributed by atoms with Gasteiger partial charge >= 0.3 is 0 Å². The van der Waals surface area contributed by atoms with Gasteiger partial charge in [0.2, 0.25) is 0 Å². The van der Waals surface area contributed by atoms with Gasteiger partial charge in [0.25, 0.3) is 0 Å². The van der Waals surface area contributed by atoms with Gasteiger partial charge < -0.3 is 9.05 Å². The number of aromatic nitrogens is 2. The van der Waals surface area contributed by atoms with Crippen LogP contribution in [0.4, 0.5) is 0 Å². The lowest BCUT2D eigenvalue weighted by molar-refractivity contribution is 0.247. The van der Waals surface area contributed by atoms with Crippen LogP contribution in [0, 0.1) is 27.7 Å². The second-order valence-electron chi connectivity index (χ2n) is 6.02. The lowest BCUT2D eigenvalue weighted by atomic mass is 10.1. The zero-order chi connectivity index (χ0) is 16.1. The summed E-state index contributed by atoms with van der Waals surface area (Å²) in [5, 5.41) is 8.13. The van der Waals surface area contributed by atoms with E-state index in [1.807, 2.05) is 27.7 Å². The molecule has 0 aliphatic rings. The number of hydrogen-bond acceptors (Lipinski definition) is 5. The third-order valence-electron chi connectivity index (χ3n) is 4.20.